The number of hydrogen-bond acceptors (Lipinski definition) is 3. The van der Waals surface area contributed by atoms with Gasteiger partial charge >= 0.3 is 0 Å². The van der Waals surface area contributed by atoms with E-state index in [4.69, 9.17) is 4.74 Å². The number of rotatable bonds is 5. The van der Waals surface area contributed by atoms with Crippen molar-refractivity contribution in [3.8, 4) is 0 Å². The lowest BCUT2D eigenvalue weighted by atomic mass is 9.95. The normalized spacial score (nSPS) is 18.7. The maximum atomic E-state index is 11.9. The third-order valence-corrected chi connectivity index (χ3v) is 4.24. The van der Waals surface area contributed by atoms with E-state index in [1.165, 1.54) is 11.1 Å². The molecule has 3 heteroatoms. The summed E-state index contributed by atoms with van der Waals surface area (Å²) < 4.78 is 5.75. The van der Waals surface area contributed by atoms with Crippen LogP contribution in [0.4, 0.5) is 0 Å². The van der Waals surface area contributed by atoms with Gasteiger partial charge in [-0.15, -0.1) is 0 Å². The summed E-state index contributed by atoms with van der Waals surface area (Å²) in [6, 6.07) is 8.30. The molecular weight excluding hydrogens is 244 g/mol. The highest BCUT2D eigenvalue weighted by molar-refractivity contribution is 8.00. The zero-order chi connectivity index (χ0) is 13.0. The van der Waals surface area contributed by atoms with Crippen molar-refractivity contribution in [1.82, 2.24) is 0 Å². The standard InChI is InChI=1S/C15H20O2S/c1-11(2)18-10-13(16)9-15-14-6-4-3-5-12(14)7-8-17-15/h3-6,11,15H,7-10H2,1-2H3. The quantitative estimate of drug-likeness (QED) is 0.815. The van der Waals surface area contributed by atoms with Crippen LogP contribution in [0.1, 0.15) is 37.5 Å². The van der Waals surface area contributed by atoms with E-state index in [-0.39, 0.29) is 11.9 Å². The predicted molar refractivity (Wildman–Crippen MR) is 76.1 cm³/mol. The second-order valence-corrected chi connectivity index (χ2v) is 6.48. The zero-order valence-corrected chi connectivity index (χ0v) is 11.8. The Labute approximate surface area is 113 Å². The van der Waals surface area contributed by atoms with E-state index in [2.05, 4.69) is 32.0 Å². The molecule has 1 aliphatic rings. The molecule has 0 radical (unpaired) electrons. The third-order valence-electron chi connectivity index (χ3n) is 3.08. The van der Waals surface area contributed by atoms with Gasteiger partial charge in [0.1, 0.15) is 5.78 Å². The van der Waals surface area contributed by atoms with E-state index in [1.54, 1.807) is 11.8 Å². The molecule has 0 N–H and O–H groups in total. The average Bonchev–Trinajstić information content (AvgIpc) is 2.37. The topological polar surface area (TPSA) is 26.3 Å². The highest BCUT2D eigenvalue weighted by Crippen LogP contribution is 2.30. The Kier molecular flexibility index (Phi) is 4.84. The fourth-order valence-electron chi connectivity index (χ4n) is 2.17. The van der Waals surface area contributed by atoms with E-state index < -0.39 is 0 Å². The molecule has 0 saturated carbocycles. The first-order valence-corrected chi connectivity index (χ1v) is 7.54. The highest BCUT2D eigenvalue weighted by Gasteiger charge is 2.22. The van der Waals surface area contributed by atoms with Gasteiger partial charge in [-0.2, -0.15) is 11.8 Å². The largest absolute Gasteiger partial charge is 0.373 e. The first-order chi connectivity index (χ1) is 8.66. The van der Waals surface area contributed by atoms with Crippen LogP contribution >= 0.6 is 11.8 Å². The fourth-order valence-corrected chi connectivity index (χ4v) is 2.81. The summed E-state index contributed by atoms with van der Waals surface area (Å²) in [7, 11) is 0. The number of ether oxygens (including phenoxy) is 1. The Morgan fingerprint density at radius 2 is 2.22 bits per heavy atom. The predicted octanol–water partition coefficient (Wildman–Crippen LogP) is 3.40. The minimum atomic E-state index is -0.0322. The molecule has 1 aliphatic heterocycles. The van der Waals surface area contributed by atoms with Crippen LogP contribution in [0.3, 0.4) is 0 Å². The third kappa shape index (κ3) is 3.59. The molecule has 2 nitrogen and oxygen atoms in total. The van der Waals surface area contributed by atoms with E-state index in [0.29, 0.717) is 17.4 Å². The number of carbonyl (C=O) groups is 1. The molecule has 1 heterocycles. The maximum absolute atomic E-state index is 11.9. The van der Waals surface area contributed by atoms with Crippen LogP contribution in [0.15, 0.2) is 24.3 Å². The van der Waals surface area contributed by atoms with Crippen LogP contribution in [0.25, 0.3) is 0 Å². The number of carbonyl (C=O) groups excluding carboxylic acids is 1. The van der Waals surface area contributed by atoms with Gasteiger partial charge < -0.3 is 4.74 Å². The van der Waals surface area contributed by atoms with Gasteiger partial charge in [0.2, 0.25) is 0 Å². The van der Waals surface area contributed by atoms with E-state index in [1.807, 2.05) is 6.07 Å². The summed E-state index contributed by atoms with van der Waals surface area (Å²) >= 11 is 1.70. The molecule has 1 unspecified atom stereocenters. The number of Topliss-reactive ketones (excluding diaryl/α,β-unsaturated/α-hetero) is 1. The van der Waals surface area contributed by atoms with Crippen molar-refractivity contribution in [3.05, 3.63) is 35.4 Å². The Balaban J connectivity index is 1.96. The number of hydrogen-bond donors (Lipinski definition) is 0. The Hall–Kier alpha value is -0.800. The Morgan fingerprint density at radius 3 is 3.00 bits per heavy atom. The Bertz CT molecular complexity index is 415. The lowest BCUT2D eigenvalue weighted by Gasteiger charge is -2.25. The molecule has 0 aliphatic carbocycles. The molecule has 0 fully saturated rings. The van der Waals surface area contributed by atoms with Crippen LogP contribution in [-0.2, 0) is 16.0 Å². The monoisotopic (exact) mass is 264 g/mol. The van der Waals surface area contributed by atoms with E-state index in [9.17, 15) is 4.79 Å². The van der Waals surface area contributed by atoms with Gasteiger partial charge in [-0.3, -0.25) is 4.79 Å². The second-order valence-electron chi connectivity index (χ2n) is 4.91. The molecule has 0 amide bonds. The SMILES string of the molecule is CC(C)SCC(=O)CC1OCCc2ccccc21. The number of thioether (sulfide) groups is 1. The first-order valence-electron chi connectivity index (χ1n) is 6.49. The first kappa shape index (κ1) is 13.6. The molecule has 18 heavy (non-hydrogen) atoms. The minimum Gasteiger partial charge on any atom is -0.373 e. The van der Waals surface area contributed by atoms with E-state index in [0.717, 1.165) is 13.0 Å². The van der Waals surface area contributed by atoms with Gasteiger partial charge in [-0.1, -0.05) is 38.1 Å². The van der Waals surface area contributed by atoms with Crippen molar-refractivity contribution < 1.29 is 9.53 Å². The van der Waals surface area contributed by atoms with Crippen molar-refractivity contribution in [2.75, 3.05) is 12.4 Å². The van der Waals surface area contributed by atoms with Crippen molar-refractivity contribution in [2.45, 2.75) is 38.0 Å². The van der Waals surface area contributed by atoms with Crippen molar-refractivity contribution >= 4 is 17.5 Å². The zero-order valence-electron chi connectivity index (χ0n) is 11.0. The van der Waals surface area contributed by atoms with Gasteiger partial charge in [-0.05, 0) is 22.8 Å². The smallest absolute Gasteiger partial charge is 0.145 e. The summed E-state index contributed by atoms with van der Waals surface area (Å²) in [4.78, 5) is 11.9. The molecule has 1 aromatic rings. The molecule has 1 aromatic carbocycles. The van der Waals surface area contributed by atoms with Crippen molar-refractivity contribution in [2.24, 2.45) is 0 Å². The number of ketones is 1. The van der Waals surface area contributed by atoms with Crippen LogP contribution in [0, 0.1) is 0 Å². The Morgan fingerprint density at radius 1 is 1.44 bits per heavy atom. The van der Waals surface area contributed by atoms with Gasteiger partial charge in [0, 0.05) is 6.42 Å². The van der Waals surface area contributed by atoms with Crippen LogP contribution in [0.2, 0.25) is 0 Å². The lowest BCUT2D eigenvalue weighted by Crippen LogP contribution is -2.20. The molecule has 0 bridgehead atoms. The molecule has 0 saturated heterocycles. The van der Waals surface area contributed by atoms with Gasteiger partial charge in [-0.25, -0.2) is 0 Å². The summed E-state index contributed by atoms with van der Waals surface area (Å²) in [6.45, 7) is 4.96. The summed E-state index contributed by atoms with van der Waals surface area (Å²) in [5, 5.41) is 0.508. The molecule has 98 valence electrons. The van der Waals surface area contributed by atoms with Gasteiger partial charge in [0.25, 0.3) is 0 Å². The van der Waals surface area contributed by atoms with Gasteiger partial charge in [0.05, 0.1) is 18.5 Å². The summed E-state index contributed by atoms with van der Waals surface area (Å²) in [6.07, 6.45) is 1.44. The molecular formula is C15H20O2S. The lowest BCUT2D eigenvalue weighted by molar-refractivity contribution is -0.119. The molecule has 0 aromatic heterocycles. The number of fused-ring (bicyclic) bond motifs is 1. The molecule has 0 spiro atoms. The molecule has 1 atom stereocenters. The van der Waals surface area contributed by atoms with E-state index >= 15 is 0 Å². The van der Waals surface area contributed by atoms with Crippen LogP contribution in [0.5, 0.6) is 0 Å². The van der Waals surface area contributed by atoms with Crippen molar-refractivity contribution in [3.63, 3.8) is 0 Å². The van der Waals surface area contributed by atoms with Crippen LogP contribution < -0.4 is 0 Å². The summed E-state index contributed by atoms with van der Waals surface area (Å²) in [5.74, 6) is 0.884. The van der Waals surface area contributed by atoms with Gasteiger partial charge in [0.15, 0.2) is 0 Å². The maximum Gasteiger partial charge on any atom is 0.145 e. The number of benzene rings is 1. The average molecular weight is 264 g/mol. The second kappa shape index (κ2) is 6.39. The van der Waals surface area contributed by atoms with Crippen LogP contribution in [-0.4, -0.2) is 23.4 Å². The fraction of sp³-hybridized carbons (Fsp3) is 0.533. The summed E-state index contributed by atoms with van der Waals surface area (Å²) in [5.41, 5.74) is 2.53. The minimum absolute atomic E-state index is 0.0322. The highest BCUT2D eigenvalue weighted by atomic mass is 32.2. The molecule has 2 rings (SSSR count). The van der Waals surface area contributed by atoms with Crippen molar-refractivity contribution in [1.29, 1.82) is 0 Å².